The monoisotopic (exact) mass is 245 g/mol. The topological polar surface area (TPSA) is 71.1 Å². The maximum atomic E-state index is 12.8. The first-order valence-corrected chi connectivity index (χ1v) is 6.40. The van der Waals surface area contributed by atoms with Crippen LogP contribution in [0, 0.1) is 5.82 Å². The van der Waals surface area contributed by atoms with Gasteiger partial charge in [-0.15, -0.1) is 0 Å². The van der Waals surface area contributed by atoms with E-state index in [1.54, 1.807) is 0 Å². The molecule has 0 amide bonds. The standard InChI is InChI=1S/C9H12FN3O2S/c10-7-3-9(6-12-4-7)16(14,15)13-8-1-2-11-5-8/h3-4,6,8,11,13H,1-2,5H2/t8-/m1/s1. The highest BCUT2D eigenvalue weighted by atomic mass is 32.2. The van der Waals surface area contributed by atoms with E-state index in [4.69, 9.17) is 0 Å². The number of aromatic nitrogens is 1. The maximum Gasteiger partial charge on any atom is 0.242 e. The van der Waals surface area contributed by atoms with Gasteiger partial charge in [0.25, 0.3) is 0 Å². The smallest absolute Gasteiger partial charge is 0.242 e. The van der Waals surface area contributed by atoms with Crippen LogP contribution in [0.5, 0.6) is 0 Å². The summed E-state index contributed by atoms with van der Waals surface area (Å²) < 4.78 is 38.9. The summed E-state index contributed by atoms with van der Waals surface area (Å²) in [6, 6.07) is 0.825. The summed E-state index contributed by atoms with van der Waals surface area (Å²) in [4.78, 5) is 3.38. The first kappa shape index (κ1) is 11.4. The quantitative estimate of drug-likeness (QED) is 0.777. The summed E-state index contributed by atoms with van der Waals surface area (Å²) in [5, 5.41) is 3.04. The Kier molecular flexibility index (Phi) is 3.17. The zero-order valence-corrected chi connectivity index (χ0v) is 9.30. The van der Waals surface area contributed by atoms with Crippen molar-refractivity contribution in [3.8, 4) is 0 Å². The highest BCUT2D eigenvalue weighted by Gasteiger charge is 2.23. The van der Waals surface area contributed by atoms with Crippen molar-refractivity contribution in [2.75, 3.05) is 13.1 Å². The molecule has 16 heavy (non-hydrogen) atoms. The minimum atomic E-state index is -3.66. The molecule has 1 aliphatic rings. The lowest BCUT2D eigenvalue weighted by molar-refractivity contribution is 0.556. The lowest BCUT2D eigenvalue weighted by atomic mass is 10.3. The van der Waals surface area contributed by atoms with Crippen molar-refractivity contribution >= 4 is 10.0 Å². The van der Waals surface area contributed by atoms with Crippen molar-refractivity contribution in [2.45, 2.75) is 17.4 Å². The molecule has 0 bridgehead atoms. The summed E-state index contributed by atoms with van der Waals surface area (Å²) in [5.74, 6) is -0.660. The molecule has 0 aliphatic carbocycles. The third-order valence-corrected chi connectivity index (χ3v) is 3.86. The molecule has 0 unspecified atom stereocenters. The maximum absolute atomic E-state index is 12.8. The molecule has 2 N–H and O–H groups in total. The van der Waals surface area contributed by atoms with Gasteiger partial charge in [-0.3, -0.25) is 4.98 Å². The van der Waals surface area contributed by atoms with Gasteiger partial charge < -0.3 is 5.32 Å². The van der Waals surface area contributed by atoms with Crippen molar-refractivity contribution in [3.05, 3.63) is 24.3 Å². The Morgan fingerprint density at radius 2 is 2.31 bits per heavy atom. The second-order valence-corrected chi connectivity index (χ2v) is 5.36. The van der Waals surface area contributed by atoms with Crippen molar-refractivity contribution in [1.29, 1.82) is 0 Å². The summed E-state index contributed by atoms with van der Waals surface area (Å²) in [6.45, 7) is 1.39. The van der Waals surface area contributed by atoms with Crippen LogP contribution in [0.2, 0.25) is 0 Å². The van der Waals surface area contributed by atoms with E-state index < -0.39 is 15.8 Å². The fourth-order valence-electron chi connectivity index (χ4n) is 1.58. The van der Waals surface area contributed by atoms with E-state index in [1.165, 1.54) is 0 Å². The van der Waals surface area contributed by atoms with Crippen LogP contribution >= 0.6 is 0 Å². The van der Waals surface area contributed by atoms with Gasteiger partial charge in [-0.05, 0) is 19.0 Å². The van der Waals surface area contributed by atoms with Crippen LogP contribution in [-0.2, 0) is 10.0 Å². The molecule has 1 saturated heterocycles. The van der Waals surface area contributed by atoms with Gasteiger partial charge in [0.15, 0.2) is 0 Å². The number of nitrogens with zero attached hydrogens (tertiary/aromatic N) is 1. The molecule has 1 aliphatic heterocycles. The Hall–Kier alpha value is -1.05. The van der Waals surface area contributed by atoms with Crippen LogP contribution < -0.4 is 10.0 Å². The number of nitrogens with one attached hydrogen (secondary N) is 2. The molecule has 0 radical (unpaired) electrons. The van der Waals surface area contributed by atoms with Crippen LogP contribution in [0.25, 0.3) is 0 Å². The second-order valence-electron chi connectivity index (χ2n) is 3.65. The van der Waals surface area contributed by atoms with Crippen LogP contribution in [0.1, 0.15) is 6.42 Å². The van der Waals surface area contributed by atoms with Crippen LogP contribution in [0.3, 0.4) is 0 Å². The lowest BCUT2D eigenvalue weighted by Gasteiger charge is -2.11. The summed E-state index contributed by atoms with van der Waals surface area (Å²) >= 11 is 0. The number of pyridine rings is 1. The second kappa shape index (κ2) is 4.44. The minimum Gasteiger partial charge on any atom is -0.315 e. The molecular weight excluding hydrogens is 233 g/mol. The molecule has 1 aromatic heterocycles. The predicted molar refractivity (Wildman–Crippen MR) is 55.8 cm³/mol. The molecule has 1 aromatic rings. The van der Waals surface area contributed by atoms with Crippen LogP contribution in [0.4, 0.5) is 4.39 Å². The van der Waals surface area contributed by atoms with E-state index in [0.717, 1.165) is 31.4 Å². The number of hydrogen-bond acceptors (Lipinski definition) is 4. The van der Waals surface area contributed by atoms with E-state index in [2.05, 4.69) is 15.0 Å². The number of rotatable bonds is 3. The molecule has 2 heterocycles. The molecule has 7 heteroatoms. The molecule has 0 spiro atoms. The Labute approximate surface area is 93.1 Å². The van der Waals surface area contributed by atoms with Gasteiger partial charge >= 0.3 is 0 Å². The van der Waals surface area contributed by atoms with Gasteiger partial charge in [-0.25, -0.2) is 17.5 Å². The molecule has 1 atom stereocenters. The Balaban J connectivity index is 2.18. The van der Waals surface area contributed by atoms with Crippen molar-refractivity contribution in [3.63, 3.8) is 0 Å². The molecule has 5 nitrogen and oxygen atoms in total. The summed E-state index contributed by atoms with van der Waals surface area (Å²) in [7, 11) is -3.66. The average Bonchev–Trinajstić information content (AvgIpc) is 2.70. The van der Waals surface area contributed by atoms with Gasteiger partial charge in [0, 0.05) is 18.8 Å². The lowest BCUT2D eigenvalue weighted by Crippen LogP contribution is -2.36. The molecule has 0 aromatic carbocycles. The summed E-state index contributed by atoms with van der Waals surface area (Å²) in [5.41, 5.74) is 0. The van der Waals surface area contributed by atoms with E-state index in [-0.39, 0.29) is 10.9 Å². The van der Waals surface area contributed by atoms with E-state index in [9.17, 15) is 12.8 Å². The van der Waals surface area contributed by atoms with Crippen LogP contribution in [0.15, 0.2) is 23.4 Å². The molecule has 0 saturated carbocycles. The van der Waals surface area contributed by atoms with E-state index in [0.29, 0.717) is 6.54 Å². The average molecular weight is 245 g/mol. The Morgan fingerprint density at radius 1 is 1.50 bits per heavy atom. The van der Waals surface area contributed by atoms with Gasteiger partial charge in [-0.2, -0.15) is 0 Å². The van der Waals surface area contributed by atoms with Crippen molar-refractivity contribution in [1.82, 2.24) is 15.0 Å². The van der Waals surface area contributed by atoms with E-state index >= 15 is 0 Å². The third kappa shape index (κ3) is 2.55. The number of halogens is 1. The van der Waals surface area contributed by atoms with Gasteiger partial charge in [-0.1, -0.05) is 0 Å². The highest BCUT2D eigenvalue weighted by Crippen LogP contribution is 2.10. The molecular formula is C9H12FN3O2S. The minimum absolute atomic E-state index is 0.131. The van der Waals surface area contributed by atoms with Crippen molar-refractivity contribution in [2.24, 2.45) is 0 Å². The number of sulfonamides is 1. The van der Waals surface area contributed by atoms with Gasteiger partial charge in [0.2, 0.25) is 10.0 Å². The fraction of sp³-hybridized carbons (Fsp3) is 0.444. The van der Waals surface area contributed by atoms with E-state index in [1.807, 2.05) is 0 Å². The molecule has 2 rings (SSSR count). The number of hydrogen-bond donors (Lipinski definition) is 2. The Bertz CT molecular complexity index is 471. The first-order valence-electron chi connectivity index (χ1n) is 4.91. The van der Waals surface area contributed by atoms with Crippen LogP contribution in [-0.4, -0.2) is 32.5 Å². The SMILES string of the molecule is O=S(=O)(N[C@@H]1CCNC1)c1cncc(F)c1. The van der Waals surface area contributed by atoms with Gasteiger partial charge in [0.1, 0.15) is 10.7 Å². The van der Waals surface area contributed by atoms with Gasteiger partial charge in [0.05, 0.1) is 6.20 Å². The molecule has 88 valence electrons. The summed E-state index contributed by atoms with van der Waals surface area (Å²) in [6.07, 6.45) is 2.84. The predicted octanol–water partition coefficient (Wildman–Crippen LogP) is -0.139. The Morgan fingerprint density at radius 3 is 2.94 bits per heavy atom. The third-order valence-electron chi connectivity index (χ3n) is 2.37. The highest BCUT2D eigenvalue weighted by molar-refractivity contribution is 7.89. The van der Waals surface area contributed by atoms with Crippen molar-refractivity contribution < 1.29 is 12.8 Å². The zero-order chi connectivity index (χ0) is 11.6. The molecule has 1 fully saturated rings. The first-order chi connectivity index (χ1) is 7.58. The largest absolute Gasteiger partial charge is 0.315 e. The zero-order valence-electron chi connectivity index (χ0n) is 8.48. The normalized spacial score (nSPS) is 21.2. The fourth-order valence-corrected chi connectivity index (χ4v) is 2.83.